The zero-order valence-electron chi connectivity index (χ0n) is 10.8. The number of rotatable bonds is 2. The van der Waals surface area contributed by atoms with E-state index in [4.69, 9.17) is 16.3 Å². The number of halogens is 2. The van der Waals surface area contributed by atoms with E-state index in [2.05, 4.69) is 26.2 Å². The number of aromatic nitrogens is 1. The van der Waals surface area contributed by atoms with Gasteiger partial charge in [0.05, 0.1) is 5.57 Å². The Bertz CT molecular complexity index is 729. The first-order chi connectivity index (χ1) is 10.1. The lowest BCUT2D eigenvalue weighted by atomic mass is 10.1. The van der Waals surface area contributed by atoms with E-state index in [1.807, 2.05) is 6.07 Å². The molecule has 1 aromatic carbocycles. The number of nitrogens with one attached hydrogen (secondary N) is 1. The van der Waals surface area contributed by atoms with Crippen molar-refractivity contribution in [3.8, 4) is 5.75 Å². The summed E-state index contributed by atoms with van der Waals surface area (Å²) in [6.45, 7) is 0.219. The fourth-order valence-corrected chi connectivity index (χ4v) is 2.34. The highest BCUT2D eigenvalue weighted by Gasteiger charge is 2.17. The number of fused-ring (bicyclic) bond motifs is 1. The van der Waals surface area contributed by atoms with E-state index >= 15 is 0 Å². The third-order valence-electron chi connectivity index (χ3n) is 2.95. The number of hydrogen-bond donors (Lipinski definition) is 1. The zero-order valence-corrected chi connectivity index (χ0v) is 13.1. The number of hydrogen-bond acceptors (Lipinski definition) is 3. The Morgan fingerprint density at radius 1 is 1.33 bits per heavy atom. The van der Waals surface area contributed by atoms with Gasteiger partial charge in [0, 0.05) is 21.3 Å². The molecule has 0 unspecified atom stereocenters. The predicted molar refractivity (Wildman–Crippen MR) is 85.5 cm³/mol. The Hall–Kier alpha value is -1.85. The molecule has 1 amide bonds. The van der Waals surface area contributed by atoms with Crippen molar-refractivity contribution in [3.63, 3.8) is 0 Å². The van der Waals surface area contributed by atoms with Gasteiger partial charge in [0.2, 0.25) is 0 Å². The summed E-state index contributed by atoms with van der Waals surface area (Å²) in [5.41, 5.74) is 1.32. The van der Waals surface area contributed by atoms with Crippen LogP contribution < -0.4 is 10.1 Å². The molecule has 6 heteroatoms. The molecule has 2 heterocycles. The van der Waals surface area contributed by atoms with Crippen LogP contribution in [0.3, 0.4) is 0 Å². The molecule has 0 saturated carbocycles. The Balaban J connectivity index is 1.81. The van der Waals surface area contributed by atoms with E-state index in [9.17, 15) is 4.79 Å². The average Bonchev–Trinajstić information content (AvgIpc) is 2.48. The maximum absolute atomic E-state index is 12.2. The molecule has 0 spiro atoms. The SMILES string of the molecule is O=C(Nc1ccc(Br)cn1)C1=Cc2cc(Cl)ccc2OC1. The minimum atomic E-state index is -0.240. The standard InChI is InChI=1S/C15H10BrClN2O2/c16-11-1-4-14(18-7-11)19-15(20)10-5-9-6-12(17)2-3-13(9)21-8-10/h1-7H,8H2,(H,18,19,20). The van der Waals surface area contributed by atoms with Crippen LogP contribution in [-0.2, 0) is 4.79 Å². The summed E-state index contributed by atoms with van der Waals surface area (Å²) in [6.07, 6.45) is 3.40. The first-order valence-electron chi connectivity index (χ1n) is 6.17. The van der Waals surface area contributed by atoms with Crippen molar-refractivity contribution >= 4 is 45.3 Å². The predicted octanol–water partition coefficient (Wildman–Crippen LogP) is 3.91. The number of nitrogens with zero attached hydrogens (tertiary/aromatic N) is 1. The highest BCUT2D eigenvalue weighted by atomic mass is 79.9. The lowest BCUT2D eigenvalue weighted by molar-refractivity contribution is -0.113. The van der Waals surface area contributed by atoms with Gasteiger partial charge in [0.1, 0.15) is 18.2 Å². The van der Waals surface area contributed by atoms with Crippen molar-refractivity contribution < 1.29 is 9.53 Å². The van der Waals surface area contributed by atoms with Crippen molar-refractivity contribution in [1.29, 1.82) is 0 Å². The molecule has 2 aromatic rings. The van der Waals surface area contributed by atoms with Crippen LogP contribution in [-0.4, -0.2) is 17.5 Å². The van der Waals surface area contributed by atoms with Crippen LogP contribution in [0.15, 0.2) is 46.6 Å². The van der Waals surface area contributed by atoms with E-state index in [0.29, 0.717) is 16.4 Å². The second-order valence-corrected chi connectivity index (χ2v) is 5.81. The minimum absolute atomic E-state index is 0.219. The normalized spacial score (nSPS) is 13.0. The van der Waals surface area contributed by atoms with Crippen molar-refractivity contribution in [2.45, 2.75) is 0 Å². The Kier molecular flexibility index (Phi) is 3.94. The molecule has 106 valence electrons. The molecular weight excluding hydrogens is 356 g/mol. The number of pyridine rings is 1. The summed E-state index contributed by atoms with van der Waals surface area (Å²) in [5.74, 6) is 0.967. The van der Waals surface area contributed by atoms with Gasteiger partial charge in [-0.05, 0) is 52.3 Å². The lowest BCUT2D eigenvalue weighted by Crippen LogP contribution is -2.21. The smallest absolute Gasteiger partial charge is 0.256 e. The van der Waals surface area contributed by atoms with Gasteiger partial charge in [0.15, 0.2) is 0 Å². The van der Waals surface area contributed by atoms with E-state index in [1.165, 1.54) is 0 Å². The average molecular weight is 366 g/mol. The van der Waals surface area contributed by atoms with Crippen LogP contribution in [0.1, 0.15) is 5.56 Å². The van der Waals surface area contributed by atoms with Gasteiger partial charge in [0.25, 0.3) is 5.91 Å². The minimum Gasteiger partial charge on any atom is -0.488 e. The first kappa shape index (κ1) is 14.1. The molecule has 0 atom stereocenters. The maximum atomic E-state index is 12.2. The summed E-state index contributed by atoms with van der Waals surface area (Å²) in [4.78, 5) is 16.3. The van der Waals surface area contributed by atoms with Crippen molar-refractivity contribution in [2.24, 2.45) is 0 Å². The summed E-state index contributed by atoms with van der Waals surface area (Å²) in [7, 11) is 0. The van der Waals surface area contributed by atoms with Gasteiger partial charge in [-0.15, -0.1) is 0 Å². The number of carbonyl (C=O) groups is 1. The van der Waals surface area contributed by atoms with Gasteiger partial charge in [-0.25, -0.2) is 4.98 Å². The van der Waals surface area contributed by atoms with Crippen molar-refractivity contribution in [2.75, 3.05) is 11.9 Å². The summed E-state index contributed by atoms with van der Waals surface area (Å²) >= 11 is 9.24. The quantitative estimate of drug-likeness (QED) is 0.878. The third-order valence-corrected chi connectivity index (χ3v) is 3.65. The molecule has 1 N–H and O–H groups in total. The molecule has 3 rings (SSSR count). The Labute approximate surface area is 134 Å². The second kappa shape index (κ2) is 5.87. The topological polar surface area (TPSA) is 51.2 Å². The third kappa shape index (κ3) is 3.25. The van der Waals surface area contributed by atoms with Gasteiger partial charge in [-0.3, -0.25) is 4.79 Å². The first-order valence-corrected chi connectivity index (χ1v) is 7.35. The van der Waals surface area contributed by atoms with Crippen LogP contribution in [0.25, 0.3) is 6.08 Å². The second-order valence-electron chi connectivity index (χ2n) is 4.46. The number of ether oxygens (including phenoxy) is 1. The van der Waals surface area contributed by atoms with Crippen LogP contribution in [0.2, 0.25) is 5.02 Å². The highest BCUT2D eigenvalue weighted by Crippen LogP contribution is 2.29. The summed E-state index contributed by atoms with van der Waals surface area (Å²) in [5, 5.41) is 3.33. The molecule has 0 aliphatic carbocycles. The van der Waals surface area contributed by atoms with E-state index in [-0.39, 0.29) is 12.5 Å². The molecule has 0 radical (unpaired) electrons. The monoisotopic (exact) mass is 364 g/mol. The van der Waals surface area contributed by atoms with Gasteiger partial charge < -0.3 is 10.1 Å². The van der Waals surface area contributed by atoms with Crippen LogP contribution in [0.5, 0.6) is 5.75 Å². The Morgan fingerprint density at radius 2 is 2.19 bits per heavy atom. The summed E-state index contributed by atoms with van der Waals surface area (Å²) in [6, 6.07) is 8.84. The van der Waals surface area contributed by atoms with Gasteiger partial charge in [-0.1, -0.05) is 11.6 Å². The van der Waals surface area contributed by atoms with Crippen molar-refractivity contribution in [1.82, 2.24) is 4.98 Å². The van der Waals surface area contributed by atoms with E-state index in [1.54, 1.807) is 36.5 Å². The number of benzene rings is 1. The fraction of sp³-hybridized carbons (Fsp3) is 0.0667. The highest BCUT2D eigenvalue weighted by molar-refractivity contribution is 9.10. The molecule has 0 fully saturated rings. The molecule has 0 bridgehead atoms. The van der Waals surface area contributed by atoms with Crippen LogP contribution in [0, 0.1) is 0 Å². The van der Waals surface area contributed by atoms with Gasteiger partial charge in [-0.2, -0.15) is 0 Å². The number of amides is 1. The number of carbonyl (C=O) groups excluding carboxylic acids is 1. The Morgan fingerprint density at radius 3 is 2.95 bits per heavy atom. The van der Waals surface area contributed by atoms with Crippen LogP contribution in [0.4, 0.5) is 5.82 Å². The summed E-state index contributed by atoms with van der Waals surface area (Å²) < 4.78 is 6.40. The van der Waals surface area contributed by atoms with Crippen LogP contribution >= 0.6 is 27.5 Å². The number of anilines is 1. The van der Waals surface area contributed by atoms with E-state index < -0.39 is 0 Å². The molecular formula is C15H10BrClN2O2. The zero-order chi connectivity index (χ0) is 14.8. The molecule has 4 nitrogen and oxygen atoms in total. The van der Waals surface area contributed by atoms with E-state index in [0.717, 1.165) is 15.8 Å². The molecule has 1 aliphatic rings. The largest absolute Gasteiger partial charge is 0.488 e. The molecule has 1 aliphatic heterocycles. The molecule has 0 saturated heterocycles. The van der Waals surface area contributed by atoms with Gasteiger partial charge >= 0.3 is 0 Å². The molecule has 1 aromatic heterocycles. The fourth-order valence-electron chi connectivity index (χ4n) is 1.93. The maximum Gasteiger partial charge on any atom is 0.256 e. The lowest BCUT2D eigenvalue weighted by Gasteiger charge is -2.17. The van der Waals surface area contributed by atoms with Crippen molar-refractivity contribution in [3.05, 3.63) is 57.2 Å². The molecule has 21 heavy (non-hydrogen) atoms.